The van der Waals surface area contributed by atoms with Crippen LogP contribution in [-0.2, 0) is 0 Å². The van der Waals surface area contributed by atoms with Crippen LogP contribution in [0.25, 0.3) is 0 Å². The van der Waals surface area contributed by atoms with Crippen molar-refractivity contribution >= 4 is 5.78 Å². The minimum atomic E-state index is 0.0767. The number of phenolic OH excluding ortho intramolecular Hbond substituents is 1. The summed E-state index contributed by atoms with van der Waals surface area (Å²) < 4.78 is 0. The molecule has 0 saturated heterocycles. The number of hydrogen-bond acceptors (Lipinski definition) is 2. The fraction of sp³-hybridized carbons (Fsp3) is 0.364. The molecule has 1 rings (SSSR count). The summed E-state index contributed by atoms with van der Waals surface area (Å²) in [4.78, 5) is 11.4. The molecule has 70 valence electrons. The molecule has 0 aromatic heterocycles. The fourth-order valence-electron chi connectivity index (χ4n) is 1.33. The average molecular weight is 178 g/mol. The predicted molar refractivity (Wildman–Crippen MR) is 52.2 cm³/mol. The monoisotopic (exact) mass is 178 g/mol. The first-order valence-electron chi connectivity index (χ1n) is 4.39. The second-order valence-corrected chi connectivity index (χ2v) is 3.23. The molecule has 1 aromatic carbocycles. The van der Waals surface area contributed by atoms with Gasteiger partial charge in [0.15, 0.2) is 5.78 Å². The lowest BCUT2D eigenvalue weighted by atomic mass is 10.0. The molecular formula is C11H14O2. The number of benzene rings is 1. The molecule has 0 atom stereocenters. The number of aryl methyl sites for hydroxylation is 2. The Morgan fingerprint density at radius 3 is 2.46 bits per heavy atom. The standard InChI is InChI=1S/C11H14O2/c1-4-10(12)9-6-11(13)8(3)5-7(9)2/h5-6,13H,4H2,1-3H3. The van der Waals surface area contributed by atoms with E-state index >= 15 is 0 Å². The Morgan fingerprint density at radius 2 is 1.92 bits per heavy atom. The van der Waals surface area contributed by atoms with Crippen LogP contribution in [0.1, 0.15) is 34.8 Å². The Labute approximate surface area is 78.2 Å². The second-order valence-electron chi connectivity index (χ2n) is 3.23. The molecule has 13 heavy (non-hydrogen) atoms. The Balaban J connectivity index is 3.23. The molecule has 0 radical (unpaired) electrons. The molecule has 0 unspecified atom stereocenters. The minimum Gasteiger partial charge on any atom is -0.508 e. The van der Waals surface area contributed by atoms with Crippen molar-refractivity contribution in [2.75, 3.05) is 0 Å². The van der Waals surface area contributed by atoms with Crippen molar-refractivity contribution < 1.29 is 9.90 Å². The number of Topliss-reactive ketones (excluding diaryl/α,β-unsaturated/α-hetero) is 1. The third kappa shape index (κ3) is 1.89. The summed E-state index contributed by atoms with van der Waals surface area (Å²) in [6, 6.07) is 3.38. The average Bonchev–Trinajstić information content (AvgIpc) is 2.10. The fourth-order valence-corrected chi connectivity index (χ4v) is 1.33. The van der Waals surface area contributed by atoms with E-state index < -0.39 is 0 Å². The molecule has 0 fully saturated rings. The summed E-state index contributed by atoms with van der Waals surface area (Å²) in [5.74, 6) is 0.273. The third-order valence-corrected chi connectivity index (χ3v) is 2.16. The highest BCUT2D eigenvalue weighted by molar-refractivity contribution is 5.97. The number of rotatable bonds is 2. The van der Waals surface area contributed by atoms with Gasteiger partial charge in [-0.25, -0.2) is 0 Å². The lowest BCUT2D eigenvalue weighted by Gasteiger charge is -2.06. The van der Waals surface area contributed by atoms with E-state index in [-0.39, 0.29) is 11.5 Å². The van der Waals surface area contributed by atoms with Gasteiger partial charge >= 0.3 is 0 Å². The van der Waals surface area contributed by atoms with Crippen LogP contribution in [0.15, 0.2) is 12.1 Å². The second kappa shape index (κ2) is 3.60. The number of hydrogen-bond donors (Lipinski definition) is 1. The van der Waals surface area contributed by atoms with E-state index in [4.69, 9.17) is 0 Å². The molecule has 0 bridgehead atoms. The summed E-state index contributed by atoms with van der Waals surface area (Å²) in [6.45, 7) is 5.52. The van der Waals surface area contributed by atoms with Crippen molar-refractivity contribution in [3.8, 4) is 5.75 Å². The van der Waals surface area contributed by atoms with Gasteiger partial charge in [-0.15, -0.1) is 0 Å². The van der Waals surface area contributed by atoms with Crippen LogP contribution in [0.4, 0.5) is 0 Å². The molecule has 0 saturated carbocycles. The normalized spacial score (nSPS) is 10.1. The van der Waals surface area contributed by atoms with Crippen molar-refractivity contribution in [1.82, 2.24) is 0 Å². The van der Waals surface area contributed by atoms with Crippen molar-refractivity contribution in [2.45, 2.75) is 27.2 Å². The van der Waals surface area contributed by atoms with Gasteiger partial charge in [0.05, 0.1) is 0 Å². The Kier molecular flexibility index (Phi) is 2.71. The van der Waals surface area contributed by atoms with Crippen molar-refractivity contribution in [3.63, 3.8) is 0 Å². The van der Waals surface area contributed by atoms with Crippen molar-refractivity contribution in [1.29, 1.82) is 0 Å². The molecule has 0 aliphatic carbocycles. The van der Waals surface area contributed by atoms with E-state index in [0.717, 1.165) is 11.1 Å². The maximum atomic E-state index is 11.4. The molecule has 0 aliphatic heterocycles. The van der Waals surface area contributed by atoms with Gasteiger partial charge in [-0.3, -0.25) is 4.79 Å². The van der Waals surface area contributed by atoms with E-state index in [0.29, 0.717) is 12.0 Å². The third-order valence-electron chi connectivity index (χ3n) is 2.16. The van der Waals surface area contributed by atoms with Crippen LogP contribution >= 0.6 is 0 Å². The lowest BCUT2D eigenvalue weighted by Crippen LogP contribution is -1.99. The Hall–Kier alpha value is -1.31. The summed E-state index contributed by atoms with van der Waals surface area (Å²) in [5.41, 5.74) is 2.37. The summed E-state index contributed by atoms with van der Waals surface area (Å²) in [5, 5.41) is 9.42. The minimum absolute atomic E-state index is 0.0767. The molecule has 2 nitrogen and oxygen atoms in total. The topological polar surface area (TPSA) is 37.3 Å². The first-order valence-corrected chi connectivity index (χ1v) is 4.39. The summed E-state index contributed by atoms with van der Waals surface area (Å²) >= 11 is 0. The highest BCUT2D eigenvalue weighted by atomic mass is 16.3. The smallest absolute Gasteiger partial charge is 0.163 e. The van der Waals surface area contributed by atoms with Gasteiger partial charge in [0, 0.05) is 12.0 Å². The SMILES string of the molecule is CCC(=O)c1cc(O)c(C)cc1C. The van der Waals surface area contributed by atoms with Gasteiger partial charge in [0.1, 0.15) is 5.75 Å². The van der Waals surface area contributed by atoms with Gasteiger partial charge in [-0.05, 0) is 31.0 Å². The first kappa shape index (κ1) is 9.78. The summed E-state index contributed by atoms with van der Waals surface area (Å²) in [6.07, 6.45) is 0.476. The molecule has 2 heteroatoms. The molecular weight excluding hydrogens is 164 g/mol. The number of aromatic hydroxyl groups is 1. The number of carbonyl (C=O) groups is 1. The van der Waals surface area contributed by atoms with Crippen LogP contribution in [-0.4, -0.2) is 10.9 Å². The number of phenols is 1. The molecule has 0 amide bonds. The lowest BCUT2D eigenvalue weighted by molar-refractivity contribution is 0.0987. The zero-order valence-corrected chi connectivity index (χ0v) is 8.22. The van der Waals surface area contributed by atoms with Crippen LogP contribution in [0.2, 0.25) is 0 Å². The highest BCUT2D eigenvalue weighted by Gasteiger charge is 2.09. The van der Waals surface area contributed by atoms with Crippen LogP contribution < -0.4 is 0 Å². The van der Waals surface area contributed by atoms with E-state index in [1.807, 2.05) is 26.8 Å². The molecule has 0 aliphatic rings. The van der Waals surface area contributed by atoms with Crippen LogP contribution in [0, 0.1) is 13.8 Å². The molecule has 0 spiro atoms. The quantitative estimate of drug-likeness (QED) is 0.707. The first-order chi connectivity index (χ1) is 6.06. The van der Waals surface area contributed by atoms with Gasteiger partial charge < -0.3 is 5.11 Å². The van der Waals surface area contributed by atoms with Crippen LogP contribution in [0.3, 0.4) is 0 Å². The maximum absolute atomic E-state index is 11.4. The largest absolute Gasteiger partial charge is 0.508 e. The van der Waals surface area contributed by atoms with Crippen molar-refractivity contribution in [3.05, 3.63) is 28.8 Å². The van der Waals surface area contributed by atoms with E-state index in [1.165, 1.54) is 0 Å². The van der Waals surface area contributed by atoms with Gasteiger partial charge in [-0.1, -0.05) is 13.0 Å². The van der Waals surface area contributed by atoms with E-state index in [2.05, 4.69) is 0 Å². The molecule has 1 N–H and O–H groups in total. The number of carbonyl (C=O) groups excluding carboxylic acids is 1. The van der Waals surface area contributed by atoms with Crippen molar-refractivity contribution in [2.24, 2.45) is 0 Å². The molecule has 1 aromatic rings. The zero-order valence-electron chi connectivity index (χ0n) is 8.22. The number of ketones is 1. The van der Waals surface area contributed by atoms with Crippen LogP contribution in [0.5, 0.6) is 5.75 Å². The zero-order chi connectivity index (χ0) is 10.0. The summed E-state index contributed by atoms with van der Waals surface area (Å²) in [7, 11) is 0. The Bertz CT molecular complexity index is 340. The maximum Gasteiger partial charge on any atom is 0.163 e. The van der Waals surface area contributed by atoms with E-state index in [9.17, 15) is 9.90 Å². The van der Waals surface area contributed by atoms with E-state index in [1.54, 1.807) is 6.07 Å². The van der Waals surface area contributed by atoms with Gasteiger partial charge in [0.2, 0.25) is 0 Å². The highest BCUT2D eigenvalue weighted by Crippen LogP contribution is 2.22. The Morgan fingerprint density at radius 1 is 1.31 bits per heavy atom. The molecule has 0 heterocycles. The predicted octanol–water partition coefficient (Wildman–Crippen LogP) is 2.60. The van der Waals surface area contributed by atoms with Gasteiger partial charge in [0.25, 0.3) is 0 Å². The van der Waals surface area contributed by atoms with Gasteiger partial charge in [-0.2, -0.15) is 0 Å².